The van der Waals surface area contributed by atoms with Crippen molar-refractivity contribution in [2.75, 3.05) is 24.5 Å². The molecule has 0 aliphatic carbocycles. The number of aliphatic imine (C=N–C) groups is 1. The molecule has 1 unspecified atom stereocenters. The van der Waals surface area contributed by atoms with E-state index >= 15 is 0 Å². The Balaban J connectivity index is 1.40. The van der Waals surface area contributed by atoms with Crippen LogP contribution in [0.3, 0.4) is 0 Å². The van der Waals surface area contributed by atoms with E-state index in [1.807, 2.05) is 31.3 Å². The first-order valence-electron chi connectivity index (χ1n) is 10.9. The summed E-state index contributed by atoms with van der Waals surface area (Å²) in [5.74, 6) is 0.475. The highest BCUT2D eigenvalue weighted by Gasteiger charge is 2.27. The number of benzene rings is 2. The van der Waals surface area contributed by atoms with E-state index in [4.69, 9.17) is 4.99 Å². The molecule has 3 aromatic rings. The molecular formula is C24H28F2N6. The van der Waals surface area contributed by atoms with Crippen LogP contribution in [0.5, 0.6) is 0 Å². The SMILES string of the molecule is CCNC(=NCc1nccn1Cc1ccccc1)NC1CCN(c2c(F)cccc2F)C1. The highest BCUT2D eigenvalue weighted by atomic mass is 19.1. The van der Waals surface area contributed by atoms with Crippen LogP contribution in [-0.4, -0.2) is 41.2 Å². The van der Waals surface area contributed by atoms with Gasteiger partial charge in [0, 0.05) is 44.6 Å². The third-order valence-electron chi connectivity index (χ3n) is 5.50. The van der Waals surface area contributed by atoms with E-state index in [-0.39, 0.29) is 11.7 Å². The average molecular weight is 439 g/mol. The zero-order chi connectivity index (χ0) is 22.3. The summed E-state index contributed by atoms with van der Waals surface area (Å²) in [5, 5.41) is 6.66. The highest BCUT2D eigenvalue weighted by Crippen LogP contribution is 2.26. The van der Waals surface area contributed by atoms with Crippen molar-refractivity contribution in [3.05, 3.63) is 83.9 Å². The van der Waals surface area contributed by atoms with Gasteiger partial charge in [-0.25, -0.2) is 18.8 Å². The molecule has 168 valence electrons. The number of hydrogen-bond acceptors (Lipinski definition) is 3. The van der Waals surface area contributed by atoms with Crippen molar-refractivity contribution in [1.82, 2.24) is 20.2 Å². The Morgan fingerprint density at radius 2 is 1.91 bits per heavy atom. The number of imidazole rings is 1. The van der Waals surface area contributed by atoms with Gasteiger partial charge < -0.3 is 20.1 Å². The molecule has 1 fully saturated rings. The molecule has 2 N–H and O–H groups in total. The van der Waals surface area contributed by atoms with Crippen molar-refractivity contribution in [1.29, 1.82) is 0 Å². The standard InChI is InChI=1S/C24H28F2N6/c1-2-27-24(29-15-22-28-12-14-31(22)16-18-7-4-3-5-8-18)30-19-11-13-32(17-19)23-20(25)9-6-10-21(23)26/h3-10,12,14,19H,2,11,13,15-17H2,1H3,(H2,27,29,30). The van der Waals surface area contributed by atoms with Crippen molar-refractivity contribution >= 4 is 11.6 Å². The van der Waals surface area contributed by atoms with Gasteiger partial charge in [0.15, 0.2) is 5.96 Å². The van der Waals surface area contributed by atoms with Crippen LogP contribution in [0.2, 0.25) is 0 Å². The van der Waals surface area contributed by atoms with E-state index < -0.39 is 11.6 Å². The molecule has 32 heavy (non-hydrogen) atoms. The van der Waals surface area contributed by atoms with Crippen molar-refractivity contribution in [2.24, 2.45) is 4.99 Å². The molecule has 0 spiro atoms. The largest absolute Gasteiger partial charge is 0.365 e. The van der Waals surface area contributed by atoms with Crippen molar-refractivity contribution in [2.45, 2.75) is 32.5 Å². The molecule has 8 heteroatoms. The number of anilines is 1. The Labute approximate surface area is 187 Å². The summed E-state index contributed by atoms with van der Waals surface area (Å²) in [7, 11) is 0. The second kappa shape index (κ2) is 10.3. The first-order valence-corrected chi connectivity index (χ1v) is 10.9. The maximum absolute atomic E-state index is 14.1. The Morgan fingerprint density at radius 3 is 2.66 bits per heavy atom. The number of halogens is 2. The molecule has 1 saturated heterocycles. The van der Waals surface area contributed by atoms with Gasteiger partial charge in [-0.3, -0.25) is 0 Å². The lowest BCUT2D eigenvalue weighted by Gasteiger charge is -2.21. The first kappa shape index (κ1) is 21.8. The molecule has 0 saturated carbocycles. The normalized spacial score (nSPS) is 16.4. The van der Waals surface area contributed by atoms with Crippen LogP contribution >= 0.6 is 0 Å². The number of nitrogens with one attached hydrogen (secondary N) is 2. The van der Waals surface area contributed by atoms with Gasteiger partial charge in [0.2, 0.25) is 0 Å². The van der Waals surface area contributed by atoms with Gasteiger partial charge in [0.05, 0.1) is 0 Å². The Hall–Kier alpha value is -3.42. The summed E-state index contributed by atoms with van der Waals surface area (Å²) in [5.41, 5.74) is 1.24. The maximum atomic E-state index is 14.1. The van der Waals surface area contributed by atoms with Gasteiger partial charge in [0.1, 0.15) is 29.7 Å². The summed E-state index contributed by atoms with van der Waals surface area (Å²) >= 11 is 0. The molecule has 0 amide bonds. The van der Waals surface area contributed by atoms with E-state index in [2.05, 4.69) is 32.3 Å². The zero-order valence-corrected chi connectivity index (χ0v) is 18.1. The van der Waals surface area contributed by atoms with Gasteiger partial charge in [-0.1, -0.05) is 36.4 Å². The van der Waals surface area contributed by atoms with Gasteiger partial charge >= 0.3 is 0 Å². The molecule has 2 aromatic carbocycles. The molecular weight excluding hydrogens is 410 g/mol. The fourth-order valence-electron chi connectivity index (χ4n) is 3.95. The van der Waals surface area contributed by atoms with Crippen molar-refractivity contribution in [3.8, 4) is 0 Å². The molecule has 2 heterocycles. The summed E-state index contributed by atoms with van der Waals surface area (Å²) in [6.07, 6.45) is 4.50. The first-order chi connectivity index (χ1) is 15.6. The smallest absolute Gasteiger partial charge is 0.191 e. The molecule has 0 radical (unpaired) electrons. The topological polar surface area (TPSA) is 57.5 Å². The van der Waals surface area contributed by atoms with Gasteiger partial charge in [-0.05, 0) is 31.0 Å². The number of rotatable bonds is 7. The summed E-state index contributed by atoms with van der Waals surface area (Å²) < 4.78 is 30.4. The number of aromatic nitrogens is 2. The van der Waals surface area contributed by atoms with Crippen LogP contribution in [0, 0.1) is 11.6 Å². The quantitative estimate of drug-likeness (QED) is 0.438. The monoisotopic (exact) mass is 438 g/mol. The highest BCUT2D eigenvalue weighted by molar-refractivity contribution is 5.80. The molecule has 1 aromatic heterocycles. The van der Waals surface area contributed by atoms with Gasteiger partial charge in [-0.2, -0.15) is 0 Å². The van der Waals surface area contributed by atoms with E-state index in [0.29, 0.717) is 32.1 Å². The molecule has 0 bridgehead atoms. The third kappa shape index (κ3) is 5.25. The molecule has 6 nitrogen and oxygen atoms in total. The zero-order valence-electron chi connectivity index (χ0n) is 18.1. The Kier molecular flexibility index (Phi) is 6.99. The minimum atomic E-state index is -0.531. The van der Waals surface area contributed by atoms with Crippen LogP contribution in [-0.2, 0) is 13.1 Å². The molecule has 1 aliphatic heterocycles. The fourth-order valence-corrected chi connectivity index (χ4v) is 3.95. The van der Waals surface area contributed by atoms with Crippen LogP contribution < -0.4 is 15.5 Å². The second-order valence-corrected chi connectivity index (χ2v) is 7.80. The second-order valence-electron chi connectivity index (χ2n) is 7.80. The third-order valence-corrected chi connectivity index (χ3v) is 5.50. The van der Waals surface area contributed by atoms with Gasteiger partial charge in [0.25, 0.3) is 0 Å². The van der Waals surface area contributed by atoms with Gasteiger partial charge in [-0.15, -0.1) is 0 Å². The summed E-state index contributed by atoms with van der Waals surface area (Å²) in [6, 6.07) is 14.2. The van der Waals surface area contributed by atoms with Crippen LogP contribution in [0.1, 0.15) is 24.7 Å². The number of nitrogens with zero attached hydrogens (tertiary/aromatic N) is 4. The fraction of sp³-hybridized carbons (Fsp3) is 0.333. The van der Waals surface area contributed by atoms with Crippen LogP contribution in [0.15, 0.2) is 65.9 Å². The number of para-hydroxylation sites is 1. The number of guanidine groups is 1. The van der Waals surface area contributed by atoms with E-state index in [1.54, 1.807) is 11.1 Å². The number of hydrogen-bond donors (Lipinski definition) is 2. The lowest BCUT2D eigenvalue weighted by Crippen LogP contribution is -2.44. The van der Waals surface area contributed by atoms with E-state index in [1.165, 1.54) is 23.8 Å². The van der Waals surface area contributed by atoms with E-state index in [0.717, 1.165) is 18.8 Å². The summed E-state index contributed by atoms with van der Waals surface area (Å²) in [6.45, 7) is 4.96. The Bertz CT molecular complexity index is 1030. The lowest BCUT2D eigenvalue weighted by atomic mass is 10.2. The predicted molar refractivity (Wildman–Crippen MR) is 123 cm³/mol. The minimum absolute atomic E-state index is 0.0378. The Morgan fingerprint density at radius 1 is 1.12 bits per heavy atom. The minimum Gasteiger partial charge on any atom is -0.365 e. The van der Waals surface area contributed by atoms with Crippen molar-refractivity contribution < 1.29 is 8.78 Å². The van der Waals surface area contributed by atoms with E-state index in [9.17, 15) is 8.78 Å². The predicted octanol–water partition coefficient (Wildman–Crippen LogP) is 3.54. The molecule has 4 rings (SSSR count). The summed E-state index contributed by atoms with van der Waals surface area (Å²) in [4.78, 5) is 10.9. The average Bonchev–Trinajstić information content (AvgIpc) is 3.42. The molecule has 1 aliphatic rings. The maximum Gasteiger partial charge on any atom is 0.191 e. The van der Waals surface area contributed by atoms with Crippen molar-refractivity contribution in [3.63, 3.8) is 0 Å². The molecule has 1 atom stereocenters. The van der Waals surface area contributed by atoms with Crippen LogP contribution in [0.25, 0.3) is 0 Å². The van der Waals surface area contributed by atoms with Crippen LogP contribution in [0.4, 0.5) is 14.5 Å². The lowest BCUT2D eigenvalue weighted by molar-refractivity contribution is 0.576.